The topological polar surface area (TPSA) is 152 Å². The Bertz CT molecular complexity index is 1590. The maximum absolute atomic E-state index is 12.7. The van der Waals surface area contributed by atoms with Crippen molar-refractivity contribution in [1.29, 1.82) is 0 Å². The number of carbonyl (C=O) groups is 3. The summed E-state index contributed by atoms with van der Waals surface area (Å²) in [4.78, 5) is 56.0. The summed E-state index contributed by atoms with van der Waals surface area (Å²) in [6.45, 7) is 8.63. The van der Waals surface area contributed by atoms with E-state index in [1.807, 2.05) is 50.5 Å². The molecule has 250 valence electrons. The van der Waals surface area contributed by atoms with Gasteiger partial charge in [-0.15, -0.1) is 0 Å². The van der Waals surface area contributed by atoms with Crippen molar-refractivity contribution in [3.05, 3.63) is 63.6 Å². The van der Waals surface area contributed by atoms with Crippen LogP contribution in [0.1, 0.15) is 46.1 Å². The van der Waals surface area contributed by atoms with Crippen LogP contribution in [0.25, 0.3) is 11.0 Å². The molecular weight excluding hydrogens is 610 g/mol. The lowest BCUT2D eigenvalue weighted by Gasteiger charge is -2.44. The fourth-order valence-electron chi connectivity index (χ4n) is 4.99. The molecular formula is C33H45N5O7S. The first-order valence-corrected chi connectivity index (χ1v) is 17.0. The summed E-state index contributed by atoms with van der Waals surface area (Å²) >= 11 is 0. The van der Waals surface area contributed by atoms with E-state index in [2.05, 4.69) is 26.4 Å². The van der Waals surface area contributed by atoms with Gasteiger partial charge in [-0.3, -0.25) is 19.4 Å². The Kier molecular flexibility index (Phi) is 11.5. The van der Waals surface area contributed by atoms with E-state index in [9.17, 15) is 19.2 Å². The molecule has 2 atom stereocenters. The second-order valence-corrected chi connectivity index (χ2v) is 14.7. The molecule has 12 nitrogen and oxygen atoms in total. The third-order valence-electron chi connectivity index (χ3n) is 7.57. The maximum Gasteiger partial charge on any atom is 0.336 e. The summed E-state index contributed by atoms with van der Waals surface area (Å²) in [7, 11) is 3.28. The average Bonchev–Trinajstić information content (AvgIpc) is 3.43. The number of benzene rings is 1. The predicted molar refractivity (Wildman–Crippen MR) is 182 cm³/mol. The molecule has 2 aliphatic rings. The zero-order valence-electron chi connectivity index (χ0n) is 27.3. The van der Waals surface area contributed by atoms with E-state index in [1.54, 1.807) is 19.9 Å². The second kappa shape index (κ2) is 15.1. The molecule has 2 aliphatic heterocycles. The van der Waals surface area contributed by atoms with Crippen LogP contribution < -0.4 is 26.5 Å². The van der Waals surface area contributed by atoms with Crippen LogP contribution in [-0.2, 0) is 30.3 Å². The first-order chi connectivity index (χ1) is 21.7. The van der Waals surface area contributed by atoms with Crippen molar-refractivity contribution in [1.82, 2.24) is 16.0 Å². The third-order valence-corrected chi connectivity index (χ3v) is 9.44. The summed E-state index contributed by atoms with van der Waals surface area (Å²) in [5, 5.41) is 11.3. The Morgan fingerprint density at radius 1 is 1.11 bits per heavy atom. The number of hydrogen-bond donors (Lipinski definition) is 4. The number of rotatable bonds is 13. The Morgan fingerprint density at radius 3 is 2.65 bits per heavy atom. The number of nitrogens with zero attached hydrogens (tertiary/aromatic N) is 2. The second-order valence-electron chi connectivity index (χ2n) is 12.7. The van der Waals surface area contributed by atoms with Crippen LogP contribution in [0, 0.1) is 5.41 Å². The first kappa shape index (κ1) is 34.9. The fraction of sp³-hybridized carbons (Fsp3) is 0.485. The zero-order valence-corrected chi connectivity index (χ0v) is 28.2. The van der Waals surface area contributed by atoms with Gasteiger partial charge < -0.3 is 34.7 Å². The molecule has 2 aromatic rings. The highest BCUT2D eigenvalue weighted by molar-refractivity contribution is 8.31. The van der Waals surface area contributed by atoms with Crippen LogP contribution in [-0.4, -0.2) is 74.7 Å². The molecule has 1 aromatic heterocycles. The highest BCUT2D eigenvalue weighted by Gasteiger charge is 2.45. The molecule has 0 aliphatic carbocycles. The molecule has 0 bridgehead atoms. The molecule has 13 heteroatoms. The van der Waals surface area contributed by atoms with E-state index >= 15 is 0 Å². The van der Waals surface area contributed by atoms with Gasteiger partial charge in [0.2, 0.25) is 11.8 Å². The Balaban J connectivity index is 1.13. The highest BCUT2D eigenvalue weighted by Crippen LogP contribution is 2.35. The smallest absolute Gasteiger partial charge is 0.336 e. The largest absolute Gasteiger partial charge is 0.423 e. The molecule has 3 heterocycles. The summed E-state index contributed by atoms with van der Waals surface area (Å²) in [6, 6.07) is 6.97. The van der Waals surface area contributed by atoms with E-state index in [0.717, 1.165) is 28.9 Å². The van der Waals surface area contributed by atoms with Gasteiger partial charge >= 0.3 is 5.63 Å². The van der Waals surface area contributed by atoms with Crippen molar-refractivity contribution in [2.45, 2.75) is 58.8 Å². The number of aliphatic imine (C=N–C) groups is 1. The number of amides is 3. The van der Waals surface area contributed by atoms with Crippen molar-refractivity contribution in [3.63, 3.8) is 0 Å². The van der Waals surface area contributed by atoms with Gasteiger partial charge in [0.15, 0.2) is 5.79 Å². The summed E-state index contributed by atoms with van der Waals surface area (Å²) in [6.07, 6.45) is 3.37. The van der Waals surface area contributed by atoms with Gasteiger partial charge in [-0.25, -0.2) is 4.79 Å². The van der Waals surface area contributed by atoms with Crippen LogP contribution >= 0.6 is 10.9 Å². The van der Waals surface area contributed by atoms with Crippen LogP contribution in [0.2, 0.25) is 0 Å². The van der Waals surface area contributed by atoms with Crippen LogP contribution in [0.3, 0.4) is 0 Å². The van der Waals surface area contributed by atoms with Crippen LogP contribution in [0.15, 0.2) is 61.9 Å². The van der Waals surface area contributed by atoms with Crippen LogP contribution in [0.5, 0.6) is 0 Å². The van der Waals surface area contributed by atoms with E-state index in [-0.39, 0.29) is 24.1 Å². The molecule has 1 aromatic carbocycles. The van der Waals surface area contributed by atoms with E-state index in [1.165, 1.54) is 18.3 Å². The number of carbonyl (C=O) groups excluding carboxylic acids is 3. The molecule has 0 spiro atoms. The van der Waals surface area contributed by atoms with Gasteiger partial charge in [-0.05, 0) is 49.1 Å². The molecule has 3 N–H and O–H groups in total. The minimum atomic E-state index is -0.857. The predicted octanol–water partition coefficient (Wildman–Crippen LogP) is 3.11. The third kappa shape index (κ3) is 9.78. The molecule has 1 unspecified atom stereocenters. The number of fused-ring (bicyclic) bond motifs is 1. The van der Waals surface area contributed by atoms with E-state index < -0.39 is 33.8 Å². The Labute approximate surface area is 272 Å². The van der Waals surface area contributed by atoms with Gasteiger partial charge in [0.1, 0.15) is 11.7 Å². The molecule has 4 rings (SSSR count). The maximum atomic E-state index is 12.7. The van der Waals surface area contributed by atoms with Gasteiger partial charge in [0, 0.05) is 85.7 Å². The monoisotopic (exact) mass is 655 g/mol. The summed E-state index contributed by atoms with van der Waals surface area (Å²) < 4.78 is 16.8. The normalized spacial score (nSPS) is 20.8. The average molecular weight is 656 g/mol. The Morgan fingerprint density at radius 2 is 1.89 bits per heavy atom. The van der Waals surface area contributed by atoms with E-state index in [4.69, 9.17) is 13.9 Å². The standard InChI is InChI=1S/C33H45N5O7S/c1-32(2)20-43-33(3,4)45-30(32)31(42)36-14-11-27(39)35-13-10-23-19-46(21-37-23)15-7-12-34-28(40)16-22-17-29(41)44-26-18-24(38(5)6)8-9-25(22)26/h8-9,11,14,17-19,21,30,46H,7,10,12-13,15-16,20H2,1-6H3,(H,34,40)(H,35,39)(H,36,42)/b14-11+/t30-/m0/s1. The van der Waals surface area contributed by atoms with Gasteiger partial charge in [-0.1, -0.05) is 13.8 Å². The zero-order chi connectivity index (χ0) is 33.5. The summed E-state index contributed by atoms with van der Waals surface area (Å²) in [5.41, 5.74) is 3.88. The Hall–Kier alpha value is -3.94. The number of thiol groups is 1. The van der Waals surface area contributed by atoms with Gasteiger partial charge in [-0.2, -0.15) is 10.9 Å². The lowest BCUT2D eigenvalue weighted by molar-refractivity contribution is -0.303. The van der Waals surface area contributed by atoms with Crippen molar-refractivity contribution >= 4 is 50.8 Å². The SMILES string of the molecule is CN(C)c1ccc2c(CC(=O)NCCC[SH]3C=NC(CCNC(=O)/C=C/NC(=O)[C@@H]4OC(C)(C)OCC4(C)C)=C3)cc(=O)oc2c1. The number of anilines is 1. The molecule has 1 fully saturated rings. The van der Waals surface area contributed by atoms with Crippen molar-refractivity contribution in [2.75, 3.05) is 44.4 Å². The van der Waals surface area contributed by atoms with Crippen LogP contribution in [0.4, 0.5) is 5.69 Å². The minimum absolute atomic E-state index is 0.0951. The van der Waals surface area contributed by atoms with E-state index in [0.29, 0.717) is 37.3 Å². The quantitative estimate of drug-likeness (QED) is 0.111. The molecule has 0 saturated carbocycles. The number of nitrogens with one attached hydrogen (secondary N) is 3. The molecule has 46 heavy (non-hydrogen) atoms. The fourth-order valence-corrected chi connectivity index (χ4v) is 6.70. The molecule has 0 radical (unpaired) electrons. The molecule has 3 amide bonds. The van der Waals surface area contributed by atoms with Gasteiger partial charge in [0.05, 0.1) is 13.0 Å². The highest BCUT2D eigenvalue weighted by atomic mass is 32.2. The lowest BCUT2D eigenvalue weighted by atomic mass is 9.85. The van der Waals surface area contributed by atoms with Crippen molar-refractivity contribution in [3.8, 4) is 0 Å². The van der Waals surface area contributed by atoms with Crippen molar-refractivity contribution < 1.29 is 28.3 Å². The first-order valence-electron chi connectivity index (χ1n) is 15.3. The number of hydrogen-bond acceptors (Lipinski definition) is 9. The minimum Gasteiger partial charge on any atom is -0.423 e. The number of ether oxygens (including phenoxy) is 2. The summed E-state index contributed by atoms with van der Waals surface area (Å²) in [5.74, 6) is -0.781. The lowest BCUT2D eigenvalue weighted by Crippen LogP contribution is -2.55. The molecule has 1 saturated heterocycles. The van der Waals surface area contributed by atoms with Crippen molar-refractivity contribution in [2.24, 2.45) is 10.4 Å². The van der Waals surface area contributed by atoms with Gasteiger partial charge in [0.25, 0.3) is 5.91 Å².